The van der Waals surface area contributed by atoms with Gasteiger partial charge in [-0.1, -0.05) is 27.7 Å². The first kappa shape index (κ1) is 10.0. The molecule has 2 heteroatoms. The Kier molecular flexibility index (Phi) is 2.79. The fourth-order valence-corrected chi connectivity index (χ4v) is 2.36. The third-order valence-corrected chi connectivity index (χ3v) is 4.15. The third kappa shape index (κ3) is 1.38. The summed E-state index contributed by atoms with van der Waals surface area (Å²) in [5, 5.41) is 0. The van der Waals surface area contributed by atoms with E-state index in [1.807, 2.05) is 0 Å². The molecule has 1 rings (SSSR count). The van der Waals surface area contributed by atoms with E-state index in [0.717, 1.165) is 0 Å². The first-order valence-corrected chi connectivity index (χ1v) is 4.98. The van der Waals surface area contributed by atoms with Gasteiger partial charge in [-0.25, -0.2) is 0 Å². The van der Waals surface area contributed by atoms with Gasteiger partial charge in [-0.05, 0) is 23.7 Å². The van der Waals surface area contributed by atoms with Gasteiger partial charge in [-0.2, -0.15) is 0 Å². The second-order valence-electron chi connectivity index (χ2n) is 4.59. The van der Waals surface area contributed by atoms with Crippen LogP contribution in [0.5, 0.6) is 0 Å². The molecule has 6 unspecified atom stereocenters. The molecule has 0 spiro atoms. The normalized spacial score (nSPS) is 55.5. The first-order chi connectivity index (χ1) is 5.46. The van der Waals surface area contributed by atoms with Crippen LogP contribution in [-0.2, 0) is 0 Å². The molecular formula is C10H22N2. The number of hydrogen-bond donors (Lipinski definition) is 2. The summed E-state index contributed by atoms with van der Waals surface area (Å²) in [6, 6.07) is 0.373. The Hall–Kier alpha value is -0.0800. The fraction of sp³-hybridized carbons (Fsp3) is 1.00. The van der Waals surface area contributed by atoms with Gasteiger partial charge < -0.3 is 11.5 Å². The largest absolute Gasteiger partial charge is 0.326 e. The lowest BCUT2D eigenvalue weighted by molar-refractivity contribution is 0.0928. The van der Waals surface area contributed by atoms with E-state index in [9.17, 15) is 0 Å². The van der Waals surface area contributed by atoms with Gasteiger partial charge in [0.2, 0.25) is 0 Å². The molecule has 0 amide bonds. The van der Waals surface area contributed by atoms with Crippen molar-refractivity contribution < 1.29 is 0 Å². The molecule has 0 saturated heterocycles. The van der Waals surface area contributed by atoms with Crippen LogP contribution in [0.2, 0.25) is 0 Å². The third-order valence-electron chi connectivity index (χ3n) is 4.15. The average molecular weight is 170 g/mol. The molecule has 0 radical (unpaired) electrons. The zero-order chi connectivity index (χ0) is 9.46. The standard InChI is InChI=1S/C10H22N2/c1-5-6(2)8(4)10(12)9(11)7(5)3/h5-10H,11-12H2,1-4H3. The van der Waals surface area contributed by atoms with Crippen molar-refractivity contribution in [3.63, 3.8) is 0 Å². The monoisotopic (exact) mass is 170 g/mol. The molecule has 0 aromatic carbocycles. The predicted octanol–water partition coefficient (Wildman–Crippen LogP) is 1.20. The van der Waals surface area contributed by atoms with E-state index in [2.05, 4.69) is 27.7 Å². The molecule has 12 heavy (non-hydrogen) atoms. The van der Waals surface area contributed by atoms with Crippen molar-refractivity contribution in [3.05, 3.63) is 0 Å². The lowest BCUT2D eigenvalue weighted by atomic mass is 9.65. The molecule has 1 aliphatic carbocycles. The highest BCUT2D eigenvalue weighted by Crippen LogP contribution is 2.36. The minimum atomic E-state index is 0.186. The Morgan fingerprint density at radius 2 is 0.833 bits per heavy atom. The molecular weight excluding hydrogens is 148 g/mol. The van der Waals surface area contributed by atoms with Gasteiger partial charge in [0.1, 0.15) is 0 Å². The summed E-state index contributed by atoms with van der Waals surface area (Å²) in [5.74, 6) is 2.53. The van der Waals surface area contributed by atoms with Crippen LogP contribution in [-0.4, -0.2) is 12.1 Å². The molecule has 0 aromatic heterocycles. The van der Waals surface area contributed by atoms with E-state index in [-0.39, 0.29) is 12.1 Å². The molecule has 6 atom stereocenters. The Morgan fingerprint density at radius 3 is 1.08 bits per heavy atom. The van der Waals surface area contributed by atoms with Crippen LogP contribution in [0.15, 0.2) is 0 Å². The van der Waals surface area contributed by atoms with Crippen LogP contribution >= 0.6 is 0 Å². The lowest BCUT2D eigenvalue weighted by Gasteiger charge is -2.45. The van der Waals surface area contributed by atoms with Crippen molar-refractivity contribution in [1.82, 2.24) is 0 Å². The van der Waals surface area contributed by atoms with Crippen LogP contribution in [0.1, 0.15) is 27.7 Å². The van der Waals surface area contributed by atoms with E-state index >= 15 is 0 Å². The number of nitrogens with two attached hydrogens (primary N) is 2. The van der Waals surface area contributed by atoms with Gasteiger partial charge in [0.25, 0.3) is 0 Å². The molecule has 2 nitrogen and oxygen atoms in total. The van der Waals surface area contributed by atoms with Crippen LogP contribution in [0.25, 0.3) is 0 Å². The highest BCUT2D eigenvalue weighted by atomic mass is 14.8. The highest BCUT2D eigenvalue weighted by molar-refractivity contribution is 4.95. The maximum absolute atomic E-state index is 6.04. The molecule has 0 aliphatic heterocycles. The molecule has 1 saturated carbocycles. The van der Waals surface area contributed by atoms with Crippen LogP contribution in [0, 0.1) is 23.7 Å². The summed E-state index contributed by atoms with van der Waals surface area (Å²) in [7, 11) is 0. The van der Waals surface area contributed by atoms with Gasteiger partial charge in [0.05, 0.1) is 0 Å². The summed E-state index contributed by atoms with van der Waals surface area (Å²) in [4.78, 5) is 0. The number of rotatable bonds is 0. The van der Waals surface area contributed by atoms with Crippen molar-refractivity contribution in [2.24, 2.45) is 35.1 Å². The number of hydrogen-bond acceptors (Lipinski definition) is 2. The molecule has 0 aromatic rings. The maximum atomic E-state index is 6.04. The summed E-state index contributed by atoms with van der Waals surface area (Å²) in [6.07, 6.45) is 0. The zero-order valence-corrected chi connectivity index (χ0v) is 8.62. The SMILES string of the molecule is CC1C(C)C(C)C(N)C(N)C1C. The van der Waals surface area contributed by atoms with Crippen LogP contribution < -0.4 is 11.5 Å². The minimum Gasteiger partial charge on any atom is -0.326 e. The van der Waals surface area contributed by atoms with E-state index in [4.69, 9.17) is 11.5 Å². The summed E-state index contributed by atoms with van der Waals surface area (Å²) < 4.78 is 0. The van der Waals surface area contributed by atoms with Crippen molar-refractivity contribution in [2.45, 2.75) is 39.8 Å². The Morgan fingerprint density at radius 1 is 0.583 bits per heavy atom. The topological polar surface area (TPSA) is 52.0 Å². The molecule has 0 bridgehead atoms. The Bertz CT molecular complexity index is 99.4. The van der Waals surface area contributed by atoms with Crippen molar-refractivity contribution in [2.75, 3.05) is 0 Å². The smallest absolute Gasteiger partial charge is 0.0223 e. The highest BCUT2D eigenvalue weighted by Gasteiger charge is 2.39. The lowest BCUT2D eigenvalue weighted by Crippen LogP contribution is -2.57. The summed E-state index contributed by atoms with van der Waals surface area (Å²) >= 11 is 0. The van der Waals surface area contributed by atoms with Gasteiger partial charge in [0.15, 0.2) is 0 Å². The zero-order valence-electron chi connectivity index (χ0n) is 8.62. The van der Waals surface area contributed by atoms with Crippen molar-refractivity contribution in [1.29, 1.82) is 0 Å². The second-order valence-corrected chi connectivity index (χ2v) is 4.59. The molecule has 72 valence electrons. The second kappa shape index (κ2) is 3.35. The molecule has 4 N–H and O–H groups in total. The fourth-order valence-electron chi connectivity index (χ4n) is 2.36. The van der Waals surface area contributed by atoms with E-state index in [1.165, 1.54) is 0 Å². The van der Waals surface area contributed by atoms with E-state index < -0.39 is 0 Å². The van der Waals surface area contributed by atoms with Crippen molar-refractivity contribution in [3.8, 4) is 0 Å². The Balaban J connectivity index is 2.76. The quantitative estimate of drug-likeness (QED) is 0.574. The first-order valence-electron chi connectivity index (χ1n) is 4.98. The molecule has 1 fully saturated rings. The summed E-state index contributed by atoms with van der Waals surface area (Å²) in [5.41, 5.74) is 12.1. The van der Waals surface area contributed by atoms with Crippen molar-refractivity contribution >= 4 is 0 Å². The van der Waals surface area contributed by atoms with Gasteiger partial charge >= 0.3 is 0 Å². The molecule has 1 aliphatic rings. The van der Waals surface area contributed by atoms with E-state index in [0.29, 0.717) is 23.7 Å². The maximum Gasteiger partial charge on any atom is 0.0223 e. The van der Waals surface area contributed by atoms with Crippen LogP contribution in [0.4, 0.5) is 0 Å². The van der Waals surface area contributed by atoms with E-state index in [1.54, 1.807) is 0 Å². The predicted molar refractivity (Wildman–Crippen MR) is 52.6 cm³/mol. The average Bonchev–Trinajstić information content (AvgIpc) is 2.08. The Labute approximate surface area is 75.7 Å². The van der Waals surface area contributed by atoms with Gasteiger partial charge in [-0.3, -0.25) is 0 Å². The van der Waals surface area contributed by atoms with Gasteiger partial charge in [0, 0.05) is 12.1 Å². The van der Waals surface area contributed by atoms with Crippen LogP contribution in [0.3, 0.4) is 0 Å². The molecule has 0 heterocycles. The summed E-state index contributed by atoms with van der Waals surface area (Å²) in [6.45, 7) is 9.02. The van der Waals surface area contributed by atoms with Gasteiger partial charge in [-0.15, -0.1) is 0 Å². The minimum absolute atomic E-state index is 0.186.